The van der Waals surface area contributed by atoms with E-state index in [1.165, 1.54) is 103 Å². The summed E-state index contributed by atoms with van der Waals surface area (Å²) in [4.78, 5) is 37.9. The molecule has 350 valence electrons. The molecular weight excluding hydrogens is 757 g/mol. The van der Waals surface area contributed by atoms with E-state index in [4.69, 9.17) is 14.2 Å². The Morgan fingerprint density at radius 2 is 0.607 bits per heavy atom. The second kappa shape index (κ2) is 49.5. The van der Waals surface area contributed by atoms with Gasteiger partial charge >= 0.3 is 17.9 Å². The third-order valence-corrected chi connectivity index (χ3v) is 10.7. The molecule has 6 nitrogen and oxygen atoms in total. The van der Waals surface area contributed by atoms with Crippen LogP contribution in [0.2, 0.25) is 0 Å². The Hall–Kier alpha value is -3.15. The molecular formula is C55H94O6. The lowest BCUT2D eigenvalue weighted by Crippen LogP contribution is -2.30. The number of carbonyl (C=O) groups is 3. The van der Waals surface area contributed by atoms with Crippen LogP contribution in [0.1, 0.15) is 239 Å². The summed E-state index contributed by atoms with van der Waals surface area (Å²) in [5, 5.41) is 0. The van der Waals surface area contributed by atoms with Gasteiger partial charge in [-0.15, -0.1) is 0 Å². The second-order valence-corrected chi connectivity index (χ2v) is 16.7. The van der Waals surface area contributed by atoms with Crippen LogP contribution in [-0.2, 0) is 28.6 Å². The summed E-state index contributed by atoms with van der Waals surface area (Å²) in [5.41, 5.74) is 0. The largest absolute Gasteiger partial charge is 0.462 e. The zero-order chi connectivity index (χ0) is 44.4. The number of esters is 3. The number of rotatable bonds is 45. The highest BCUT2D eigenvalue weighted by Crippen LogP contribution is 2.14. The van der Waals surface area contributed by atoms with E-state index in [2.05, 4.69) is 93.7 Å². The van der Waals surface area contributed by atoms with Crippen LogP contribution in [0, 0.1) is 0 Å². The lowest BCUT2D eigenvalue weighted by Gasteiger charge is -2.18. The molecule has 1 atom stereocenters. The maximum absolute atomic E-state index is 12.7. The minimum atomic E-state index is -0.800. The molecule has 0 radical (unpaired) electrons. The van der Waals surface area contributed by atoms with Crippen molar-refractivity contribution in [3.05, 3.63) is 72.9 Å². The van der Waals surface area contributed by atoms with E-state index in [0.717, 1.165) is 89.9 Å². The average molecular weight is 851 g/mol. The average Bonchev–Trinajstić information content (AvgIpc) is 3.26. The van der Waals surface area contributed by atoms with Gasteiger partial charge in [-0.2, -0.15) is 0 Å². The van der Waals surface area contributed by atoms with Crippen molar-refractivity contribution in [2.75, 3.05) is 13.2 Å². The quantitative estimate of drug-likeness (QED) is 0.0263. The molecule has 0 aliphatic rings. The molecule has 0 unspecified atom stereocenters. The summed E-state index contributed by atoms with van der Waals surface area (Å²) >= 11 is 0. The molecule has 0 amide bonds. The molecule has 0 aromatic rings. The summed E-state index contributed by atoms with van der Waals surface area (Å²) in [6.45, 7) is 6.51. The van der Waals surface area contributed by atoms with Gasteiger partial charge in [-0.05, 0) is 89.9 Å². The van der Waals surface area contributed by atoms with Crippen molar-refractivity contribution < 1.29 is 28.6 Å². The molecule has 0 rings (SSSR count). The molecule has 0 bridgehead atoms. The molecule has 0 aromatic carbocycles. The van der Waals surface area contributed by atoms with E-state index in [-0.39, 0.29) is 37.5 Å². The molecule has 61 heavy (non-hydrogen) atoms. The van der Waals surface area contributed by atoms with Crippen molar-refractivity contribution in [3.63, 3.8) is 0 Å². The monoisotopic (exact) mass is 851 g/mol. The van der Waals surface area contributed by atoms with Crippen LogP contribution < -0.4 is 0 Å². The van der Waals surface area contributed by atoms with E-state index in [0.29, 0.717) is 19.3 Å². The lowest BCUT2D eigenvalue weighted by atomic mass is 10.1. The predicted octanol–water partition coefficient (Wildman–Crippen LogP) is 16.6. The van der Waals surface area contributed by atoms with Gasteiger partial charge in [0.2, 0.25) is 0 Å². The third-order valence-electron chi connectivity index (χ3n) is 10.7. The molecule has 0 N–H and O–H groups in total. The van der Waals surface area contributed by atoms with Gasteiger partial charge in [-0.1, -0.05) is 203 Å². The van der Waals surface area contributed by atoms with Crippen LogP contribution in [0.5, 0.6) is 0 Å². The van der Waals surface area contributed by atoms with Gasteiger partial charge in [0.15, 0.2) is 6.10 Å². The Labute approximate surface area is 376 Å². The fourth-order valence-electron chi connectivity index (χ4n) is 6.82. The van der Waals surface area contributed by atoms with E-state index in [1.54, 1.807) is 0 Å². The SMILES string of the molecule is CCCCC/C=C\C/C=C\C/C=C\C/C=C\CCCC(=O)OC[C@H](COC(=O)CCCCCCC/C=C\C/C=C\CCCCC)OC(=O)CCCCCCCCCCCCC. The van der Waals surface area contributed by atoms with Crippen molar-refractivity contribution in [2.45, 2.75) is 245 Å². The van der Waals surface area contributed by atoms with Crippen molar-refractivity contribution in [1.29, 1.82) is 0 Å². The Morgan fingerprint density at radius 1 is 0.328 bits per heavy atom. The van der Waals surface area contributed by atoms with Crippen molar-refractivity contribution in [3.8, 4) is 0 Å². The van der Waals surface area contributed by atoms with Crippen LogP contribution >= 0.6 is 0 Å². The van der Waals surface area contributed by atoms with E-state index in [1.807, 2.05) is 0 Å². The highest BCUT2D eigenvalue weighted by molar-refractivity contribution is 5.71. The molecule has 0 saturated heterocycles. The van der Waals surface area contributed by atoms with Gasteiger partial charge in [-0.3, -0.25) is 14.4 Å². The number of carbonyl (C=O) groups excluding carboxylic acids is 3. The summed E-state index contributed by atoms with van der Waals surface area (Å²) in [6, 6.07) is 0. The first-order valence-corrected chi connectivity index (χ1v) is 25.4. The number of hydrogen-bond donors (Lipinski definition) is 0. The van der Waals surface area contributed by atoms with Gasteiger partial charge in [0.1, 0.15) is 13.2 Å². The standard InChI is InChI=1S/C55H94O6/c1-4-7-10-13-16-19-22-24-26-27-29-31-34-36-39-42-45-48-54(57)60-51-52(61-55(58)49-46-43-40-37-32-21-18-15-12-9-6-3)50-59-53(56)47-44-41-38-35-33-30-28-25-23-20-17-14-11-8-5-2/h16-17,19-20,24-26,28-29,31,36,39,52H,4-15,18,21-23,27,30,32-35,37-38,40-51H2,1-3H3/b19-16-,20-17-,26-24-,28-25-,31-29-,39-36-/t52-/m0/s1. The zero-order valence-electron chi connectivity index (χ0n) is 39.9. The van der Waals surface area contributed by atoms with Crippen LogP contribution in [0.3, 0.4) is 0 Å². The smallest absolute Gasteiger partial charge is 0.306 e. The minimum absolute atomic E-state index is 0.0986. The molecule has 0 spiro atoms. The first-order valence-electron chi connectivity index (χ1n) is 25.4. The highest BCUT2D eigenvalue weighted by atomic mass is 16.6. The molecule has 6 heteroatoms. The summed E-state index contributed by atoms with van der Waals surface area (Å²) in [5.74, 6) is -0.969. The third kappa shape index (κ3) is 47.7. The molecule has 0 saturated carbocycles. The van der Waals surface area contributed by atoms with Gasteiger partial charge < -0.3 is 14.2 Å². The molecule has 0 heterocycles. The summed E-state index contributed by atoms with van der Waals surface area (Å²) < 4.78 is 16.7. The Kier molecular flexibility index (Phi) is 46.9. The lowest BCUT2D eigenvalue weighted by molar-refractivity contribution is -0.167. The minimum Gasteiger partial charge on any atom is -0.462 e. The number of allylic oxidation sites excluding steroid dienone is 12. The van der Waals surface area contributed by atoms with Crippen molar-refractivity contribution >= 4 is 17.9 Å². The van der Waals surface area contributed by atoms with Crippen molar-refractivity contribution in [2.24, 2.45) is 0 Å². The molecule has 0 fully saturated rings. The van der Waals surface area contributed by atoms with Gasteiger partial charge in [0, 0.05) is 19.3 Å². The fourth-order valence-corrected chi connectivity index (χ4v) is 6.82. The number of unbranched alkanes of at least 4 members (excludes halogenated alkanes) is 22. The van der Waals surface area contributed by atoms with Crippen LogP contribution in [-0.4, -0.2) is 37.2 Å². The van der Waals surface area contributed by atoms with Gasteiger partial charge in [-0.25, -0.2) is 0 Å². The summed E-state index contributed by atoms with van der Waals surface area (Å²) in [6.07, 6.45) is 61.7. The van der Waals surface area contributed by atoms with Crippen LogP contribution in [0.4, 0.5) is 0 Å². The molecule has 0 aliphatic carbocycles. The highest BCUT2D eigenvalue weighted by Gasteiger charge is 2.19. The Balaban J connectivity index is 4.47. The van der Waals surface area contributed by atoms with Crippen LogP contribution in [0.25, 0.3) is 0 Å². The maximum atomic E-state index is 12.7. The van der Waals surface area contributed by atoms with Crippen LogP contribution in [0.15, 0.2) is 72.9 Å². The van der Waals surface area contributed by atoms with E-state index < -0.39 is 6.10 Å². The van der Waals surface area contributed by atoms with Gasteiger partial charge in [0.25, 0.3) is 0 Å². The molecule has 0 aromatic heterocycles. The first kappa shape index (κ1) is 57.9. The molecule has 0 aliphatic heterocycles. The number of hydrogen-bond acceptors (Lipinski definition) is 6. The Morgan fingerprint density at radius 3 is 1.02 bits per heavy atom. The first-order chi connectivity index (χ1) is 30.0. The Bertz CT molecular complexity index is 1160. The second-order valence-electron chi connectivity index (χ2n) is 16.7. The summed E-state index contributed by atoms with van der Waals surface area (Å²) in [7, 11) is 0. The normalized spacial score (nSPS) is 12.6. The number of ether oxygens (including phenoxy) is 3. The fraction of sp³-hybridized carbons (Fsp3) is 0.727. The van der Waals surface area contributed by atoms with Crippen molar-refractivity contribution in [1.82, 2.24) is 0 Å². The van der Waals surface area contributed by atoms with E-state index in [9.17, 15) is 14.4 Å². The maximum Gasteiger partial charge on any atom is 0.306 e. The zero-order valence-corrected chi connectivity index (χ0v) is 39.9. The van der Waals surface area contributed by atoms with E-state index >= 15 is 0 Å². The van der Waals surface area contributed by atoms with Gasteiger partial charge in [0.05, 0.1) is 0 Å². The topological polar surface area (TPSA) is 78.9 Å². The predicted molar refractivity (Wildman–Crippen MR) is 261 cm³/mol.